The van der Waals surface area contributed by atoms with Gasteiger partial charge in [-0.05, 0) is 6.07 Å². The summed E-state index contributed by atoms with van der Waals surface area (Å²) < 4.78 is 36.0. The molecule has 0 spiro atoms. The minimum Gasteiger partial charge on any atom is -1.00 e. The molecule has 0 atom stereocenters. The first-order valence-electron chi connectivity index (χ1n) is 3.23. The summed E-state index contributed by atoms with van der Waals surface area (Å²) in [6.07, 6.45) is -4.54. The average Bonchev–Trinajstić information content (AvgIpc) is 2.03. The first-order chi connectivity index (χ1) is 5.91. The molecule has 0 aliphatic heterocycles. The number of halogens is 3. The molecular weight excluding hydrogens is 210 g/mol. The van der Waals surface area contributed by atoms with Gasteiger partial charge in [-0.3, -0.25) is 10.1 Å². The second-order valence-corrected chi connectivity index (χ2v) is 2.31. The fraction of sp³-hybridized carbons (Fsp3) is 0.143. The third kappa shape index (κ3) is 3.28. The number of hydrogen-bond donors (Lipinski definition) is 0. The number of nitro groups is 1. The van der Waals surface area contributed by atoms with E-state index in [9.17, 15) is 23.3 Å². The second-order valence-electron chi connectivity index (χ2n) is 2.31. The van der Waals surface area contributed by atoms with Crippen LogP contribution in [0.1, 0.15) is 6.99 Å². The fourth-order valence-electron chi connectivity index (χ4n) is 0.796. The third-order valence-corrected chi connectivity index (χ3v) is 1.38. The molecule has 0 amide bonds. The van der Waals surface area contributed by atoms with Gasteiger partial charge < -0.3 is 1.43 Å². The second kappa shape index (κ2) is 4.77. The minimum absolute atomic E-state index is 0. The molecule has 0 saturated heterocycles. The van der Waals surface area contributed by atoms with Crippen molar-refractivity contribution in [3.8, 4) is 0 Å². The summed E-state index contributed by atoms with van der Waals surface area (Å²) in [6.45, 7) is 0. The molecule has 0 unspecified atom stereocenters. The summed E-state index contributed by atoms with van der Waals surface area (Å²) in [6, 6.07) is 3.29. The number of benzene rings is 1. The molecule has 0 N–H and O–H groups in total. The van der Waals surface area contributed by atoms with Crippen molar-refractivity contribution in [1.82, 2.24) is 0 Å². The van der Waals surface area contributed by atoms with Crippen LogP contribution in [-0.4, -0.2) is 4.92 Å². The van der Waals surface area contributed by atoms with E-state index in [4.69, 9.17) is 0 Å². The Morgan fingerprint density at radius 2 is 1.93 bits per heavy atom. The molecule has 0 heterocycles. The molecule has 7 heteroatoms. The summed E-state index contributed by atoms with van der Waals surface area (Å²) >= 11 is 0. The van der Waals surface area contributed by atoms with Gasteiger partial charge in [0.25, 0.3) is 5.69 Å². The van der Waals surface area contributed by atoms with Crippen LogP contribution in [-0.2, 0) is 6.18 Å². The molecule has 0 radical (unpaired) electrons. The van der Waals surface area contributed by atoms with Gasteiger partial charge in [-0.15, -0.1) is 0 Å². The molecule has 1 aromatic rings. The van der Waals surface area contributed by atoms with Gasteiger partial charge in [-0.2, -0.15) is 13.2 Å². The predicted molar refractivity (Wildman–Crippen MR) is 39.2 cm³/mol. The third-order valence-electron chi connectivity index (χ3n) is 1.38. The van der Waals surface area contributed by atoms with Crippen LogP contribution in [0.4, 0.5) is 18.9 Å². The SMILES string of the molecule is O=[N+]([O-])c1cccc(C(F)(F)F)c1.[H-].[Na+]. The van der Waals surface area contributed by atoms with Crippen LogP contribution in [0.2, 0.25) is 0 Å². The Morgan fingerprint density at radius 3 is 2.36 bits per heavy atom. The monoisotopic (exact) mass is 215 g/mol. The molecule has 72 valence electrons. The normalized spacial score (nSPS) is 10.5. The number of alkyl halides is 3. The van der Waals surface area contributed by atoms with E-state index >= 15 is 0 Å². The summed E-state index contributed by atoms with van der Waals surface area (Å²) in [5.74, 6) is 0. The van der Waals surface area contributed by atoms with Crippen molar-refractivity contribution in [3.05, 3.63) is 39.9 Å². The van der Waals surface area contributed by atoms with Crippen molar-refractivity contribution in [1.29, 1.82) is 0 Å². The number of nitrogens with zero attached hydrogens (tertiary/aromatic N) is 1. The maximum Gasteiger partial charge on any atom is 1.00 e. The van der Waals surface area contributed by atoms with Gasteiger partial charge in [0.05, 0.1) is 10.5 Å². The molecule has 0 aliphatic carbocycles. The number of nitro benzene ring substituents is 1. The summed E-state index contributed by atoms with van der Waals surface area (Å²) in [5.41, 5.74) is -1.57. The van der Waals surface area contributed by atoms with Crippen LogP contribution in [0.5, 0.6) is 0 Å². The Hall–Kier alpha value is -0.590. The zero-order chi connectivity index (χ0) is 10.1. The standard InChI is InChI=1S/C7H4F3NO2.Na.H/c8-7(9,10)5-2-1-3-6(4-5)11(12)13;;/h1-4H;;/q;+1;-1. The fourth-order valence-corrected chi connectivity index (χ4v) is 0.796. The summed E-state index contributed by atoms with van der Waals surface area (Å²) in [4.78, 5) is 9.25. The van der Waals surface area contributed by atoms with Crippen LogP contribution in [0.3, 0.4) is 0 Å². The molecule has 14 heavy (non-hydrogen) atoms. The van der Waals surface area contributed by atoms with Gasteiger partial charge in [-0.25, -0.2) is 0 Å². The molecular formula is C7H5F3NNaO2. The quantitative estimate of drug-likeness (QED) is 0.367. The number of hydrogen-bond acceptors (Lipinski definition) is 2. The predicted octanol–water partition coefficient (Wildman–Crippen LogP) is -0.270. The molecule has 1 aromatic carbocycles. The van der Waals surface area contributed by atoms with E-state index in [0.29, 0.717) is 6.07 Å². The largest absolute Gasteiger partial charge is 1.00 e. The Morgan fingerprint density at radius 1 is 1.36 bits per heavy atom. The summed E-state index contributed by atoms with van der Waals surface area (Å²) in [5, 5.41) is 10.1. The minimum atomic E-state index is -4.54. The molecule has 0 saturated carbocycles. The van der Waals surface area contributed by atoms with E-state index < -0.39 is 22.4 Å². The van der Waals surface area contributed by atoms with Gasteiger partial charge in [0, 0.05) is 12.1 Å². The van der Waals surface area contributed by atoms with Crippen molar-refractivity contribution in [2.45, 2.75) is 6.18 Å². The van der Waals surface area contributed by atoms with E-state index in [1.165, 1.54) is 0 Å². The van der Waals surface area contributed by atoms with Gasteiger partial charge in [-0.1, -0.05) is 6.07 Å². The van der Waals surface area contributed by atoms with E-state index in [2.05, 4.69) is 0 Å². The molecule has 0 aliphatic rings. The van der Waals surface area contributed by atoms with Crippen LogP contribution < -0.4 is 29.6 Å². The van der Waals surface area contributed by atoms with E-state index in [1.54, 1.807) is 0 Å². The average molecular weight is 215 g/mol. The van der Waals surface area contributed by atoms with Crippen molar-refractivity contribution < 1.29 is 49.1 Å². The number of non-ortho nitro benzene ring substituents is 1. The Balaban J connectivity index is 0. The Bertz CT molecular complexity index is 345. The van der Waals surface area contributed by atoms with E-state index in [-0.39, 0.29) is 31.0 Å². The van der Waals surface area contributed by atoms with E-state index in [0.717, 1.165) is 18.2 Å². The smallest absolute Gasteiger partial charge is 1.00 e. The van der Waals surface area contributed by atoms with Gasteiger partial charge >= 0.3 is 35.7 Å². The maximum atomic E-state index is 12.0. The van der Waals surface area contributed by atoms with Crippen LogP contribution in [0.15, 0.2) is 24.3 Å². The summed E-state index contributed by atoms with van der Waals surface area (Å²) in [7, 11) is 0. The Labute approximate surface area is 101 Å². The van der Waals surface area contributed by atoms with Crippen LogP contribution >= 0.6 is 0 Å². The van der Waals surface area contributed by atoms with Gasteiger partial charge in [0.1, 0.15) is 0 Å². The zero-order valence-corrected chi connectivity index (χ0v) is 9.21. The van der Waals surface area contributed by atoms with E-state index in [1.807, 2.05) is 0 Å². The maximum absolute atomic E-state index is 12.0. The molecule has 3 nitrogen and oxygen atoms in total. The first-order valence-corrected chi connectivity index (χ1v) is 3.23. The first kappa shape index (κ1) is 13.4. The van der Waals surface area contributed by atoms with Crippen molar-refractivity contribution in [2.24, 2.45) is 0 Å². The van der Waals surface area contributed by atoms with Gasteiger partial charge in [0.15, 0.2) is 0 Å². The molecule has 1 rings (SSSR count). The van der Waals surface area contributed by atoms with Crippen LogP contribution in [0.25, 0.3) is 0 Å². The molecule has 0 aromatic heterocycles. The van der Waals surface area contributed by atoms with Crippen molar-refractivity contribution >= 4 is 5.69 Å². The van der Waals surface area contributed by atoms with Gasteiger partial charge in [0.2, 0.25) is 0 Å². The zero-order valence-electron chi connectivity index (χ0n) is 8.21. The Kier molecular flexibility index (Phi) is 4.57. The molecule has 0 bridgehead atoms. The van der Waals surface area contributed by atoms with Crippen LogP contribution in [0, 0.1) is 10.1 Å². The number of rotatable bonds is 1. The van der Waals surface area contributed by atoms with Crippen molar-refractivity contribution in [3.63, 3.8) is 0 Å². The topological polar surface area (TPSA) is 43.1 Å². The molecule has 0 fully saturated rings. The van der Waals surface area contributed by atoms with Crippen molar-refractivity contribution in [2.75, 3.05) is 0 Å².